The lowest BCUT2D eigenvalue weighted by molar-refractivity contribution is 0.0729. The Morgan fingerprint density at radius 1 is 1.26 bits per heavy atom. The van der Waals surface area contributed by atoms with Crippen LogP contribution in [-0.4, -0.2) is 29.4 Å². The van der Waals surface area contributed by atoms with Crippen molar-refractivity contribution in [3.05, 3.63) is 53.9 Å². The standard InChI is InChI=1S/C17H19N3O2.ClH/c1-22-14-7-4-12(5-8-14)16-3-2-10-20(16)17(21)15-9-6-13(18)11-19-15;/h4-9,11,16H,2-3,10,18H2,1H3;1H. The van der Waals surface area contributed by atoms with E-state index in [1.54, 1.807) is 19.2 Å². The number of carbonyl (C=O) groups is 1. The number of amides is 1. The molecule has 2 N–H and O–H groups in total. The quantitative estimate of drug-likeness (QED) is 0.937. The van der Waals surface area contributed by atoms with Crippen LogP contribution in [0.3, 0.4) is 0 Å². The Bertz CT molecular complexity index is 659. The van der Waals surface area contributed by atoms with E-state index in [0.29, 0.717) is 11.4 Å². The molecule has 1 aliphatic rings. The minimum Gasteiger partial charge on any atom is -0.497 e. The highest BCUT2D eigenvalue weighted by atomic mass is 35.5. The van der Waals surface area contributed by atoms with Gasteiger partial charge in [0.2, 0.25) is 0 Å². The first kappa shape index (κ1) is 17.1. The average molecular weight is 334 g/mol. The maximum Gasteiger partial charge on any atom is 0.272 e. The van der Waals surface area contributed by atoms with E-state index in [9.17, 15) is 4.79 Å². The summed E-state index contributed by atoms with van der Waals surface area (Å²) in [6, 6.07) is 11.4. The Kier molecular flexibility index (Phi) is 5.45. The molecule has 1 atom stereocenters. The topological polar surface area (TPSA) is 68.5 Å². The second kappa shape index (κ2) is 7.33. The van der Waals surface area contributed by atoms with Crippen molar-refractivity contribution >= 4 is 24.0 Å². The predicted molar refractivity (Wildman–Crippen MR) is 91.9 cm³/mol. The highest BCUT2D eigenvalue weighted by Gasteiger charge is 2.31. The Balaban J connectivity index is 0.00000192. The van der Waals surface area contributed by atoms with Crippen LogP contribution in [0.5, 0.6) is 5.75 Å². The zero-order valence-electron chi connectivity index (χ0n) is 12.9. The van der Waals surface area contributed by atoms with E-state index in [4.69, 9.17) is 10.5 Å². The van der Waals surface area contributed by atoms with Crippen molar-refractivity contribution in [1.29, 1.82) is 0 Å². The first-order chi connectivity index (χ1) is 10.7. The fourth-order valence-electron chi connectivity index (χ4n) is 2.86. The third-order valence-electron chi connectivity index (χ3n) is 4.02. The van der Waals surface area contributed by atoms with Crippen LogP contribution in [0.15, 0.2) is 42.6 Å². The molecule has 23 heavy (non-hydrogen) atoms. The molecule has 3 rings (SSSR count). The molecule has 1 amide bonds. The summed E-state index contributed by atoms with van der Waals surface area (Å²) in [6.07, 6.45) is 3.48. The first-order valence-corrected chi connectivity index (χ1v) is 7.35. The molecule has 122 valence electrons. The molecular weight excluding hydrogens is 314 g/mol. The van der Waals surface area contributed by atoms with E-state index < -0.39 is 0 Å². The number of methoxy groups -OCH3 is 1. The number of benzene rings is 1. The molecule has 0 aliphatic carbocycles. The van der Waals surface area contributed by atoms with Crippen molar-refractivity contribution < 1.29 is 9.53 Å². The van der Waals surface area contributed by atoms with Crippen LogP contribution in [0, 0.1) is 0 Å². The molecule has 0 spiro atoms. The second-order valence-electron chi connectivity index (χ2n) is 5.41. The molecule has 1 fully saturated rings. The van der Waals surface area contributed by atoms with Crippen LogP contribution in [0.1, 0.15) is 34.9 Å². The Labute approximate surface area is 141 Å². The van der Waals surface area contributed by atoms with Crippen molar-refractivity contribution in [3.8, 4) is 5.75 Å². The number of nitrogens with zero attached hydrogens (tertiary/aromatic N) is 2. The van der Waals surface area contributed by atoms with Gasteiger partial charge in [-0.2, -0.15) is 0 Å². The van der Waals surface area contributed by atoms with Gasteiger partial charge in [0.25, 0.3) is 5.91 Å². The molecule has 2 heterocycles. The van der Waals surface area contributed by atoms with Gasteiger partial charge >= 0.3 is 0 Å². The average Bonchev–Trinajstić information content (AvgIpc) is 3.04. The molecule has 1 unspecified atom stereocenters. The summed E-state index contributed by atoms with van der Waals surface area (Å²) in [4.78, 5) is 18.7. The van der Waals surface area contributed by atoms with Gasteiger partial charge in [0.1, 0.15) is 11.4 Å². The van der Waals surface area contributed by atoms with Gasteiger partial charge in [-0.25, -0.2) is 4.98 Å². The van der Waals surface area contributed by atoms with E-state index in [-0.39, 0.29) is 24.4 Å². The third kappa shape index (κ3) is 3.56. The minimum absolute atomic E-state index is 0. The van der Waals surface area contributed by atoms with Gasteiger partial charge in [0.05, 0.1) is 25.0 Å². The number of hydrogen-bond donors (Lipinski definition) is 1. The van der Waals surface area contributed by atoms with Crippen molar-refractivity contribution in [2.75, 3.05) is 19.4 Å². The number of rotatable bonds is 3. The number of halogens is 1. The molecule has 0 radical (unpaired) electrons. The van der Waals surface area contributed by atoms with E-state index in [2.05, 4.69) is 4.98 Å². The van der Waals surface area contributed by atoms with Gasteiger partial charge in [0.15, 0.2) is 0 Å². The van der Waals surface area contributed by atoms with Crippen LogP contribution in [0.25, 0.3) is 0 Å². The van der Waals surface area contributed by atoms with E-state index >= 15 is 0 Å². The number of carbonyl (C=O) groups excluding carboxylic acids is 1. The molecule has 2 aromatic rings. The lowest BCUT2D eigenvalue weighted by Crippen LogP contribution is -2.31. The molecule has 1 aromatic heterocycles. The van der Waals surface area contributed by atoms with Crippen molar-refractivity contribution in [3.63, 3.8) is 0 Å². The fraction of sp³-hybridized carbons (Fsp3) is 0.294. The smallest absolute Gasteiger partial charge is 0.272 e. The zero-order chi connectivity index (χ0) is 15.5. The van der Waals surface area contributed by atoms with Crippen molar-refractivity contribution in [2.45, 2.75) is 18.9 Å². The molecule has 5 nitrogen and oxygen atoms in total. The number of pyridine rings is 1. The lowest BCUT2D eigenvalue weighted by Gasteiger charge is -2.25. The van der Waals surface area contributed by atoms with E-state index in [0.717, 1.165) is 30.7 Å². The summed E-state index contributed by atoms with van der Waals surface area (Å²) < 4.78 is 5.18. The fourth-order valence-corrected chi connectivity index (χ4v) is 2.86. The molecule has 1 aliphatic heterocycles. The maximum atomic E-state index is 12.7. The Morgan fingerprint density at radius 2 is 2.00 bits per heavy atom. The number of likely N-dealkylation sites (tertiary alicyclic amines) is 1. The number of nitrogens with two attached hydrogens (primary N) is 1. The number of ether oxygens (including phenoxy) is 1. The van der Waals surface area contributed by atoms with Crippen LogP contribution in [0.4, 0.5) is 5.69 Å². The summed E-state index contributed by atoms with van der Waals surface area (Å²) in [5.41, 5.74) is 7.75. The van der Waals surface area contributed by atoms with Gasteiger partial charge in [0, 0.05) is 6.54 Å². The molecule has 1 saturated heterocycles. The molecule has 6 heteroatoms. The maximum absolute atomic E-state index is 12.7. The van der Waals surface area contributed by atoms with Gasteiger partial charge in [-0.3, -0.25) is 4.79 Å². The summed E-state index contributed by atoms with van der Waals surface area (Å²) in [6.45, 7) is 0.752. The SMILES string of the molecule is COc1ccc(C2CCCN2C(=O)c2ccc(N)cn2)cc1.Cl. The Hall–Kier alpha value is -2.27. The Morgan fingerprint density at radius 3 is 2.61 bits per heavy atom. The molecule has 1 aromatic carbocycles. The van der Waals surface area contributed by atoms with Gasteiger partial charge < -0.3 is 15.4 Å². The predicted octanol–water partition coefficient (Wildman–Crippen LogP) is 3.07. The van der Waals surface area contributed by atoms with E-state index in [1.165, 1.54) is 6.20 Å². The number of hydrogen-bond acceptors (Lipinski definition) is 4. The van der Waals surface area contributed by atoms with Crippen LogP contribution in [-0.2, 0) is 0 Å². The van der Waals surface area contributed by atoms with Crippen LogP contribution < -0.4 is 10.5 Å². The van der Waals surface area contributed by atoms with Gasteiger partial charge in [-0.15, -0.1) is 12.4 Å². The van der Waals surface area contributed by atoms with Gasteiger partial charge in [-0.05, 0) is 42.7 Å². The van der Waals surface area contributed by atoms with Gasteiger partial charge in [-0.1, -0.05) is 12.1 Å². The molecular formula is C17H20ClN3O2. The van der Waals surface area contributed by atoms with E-state index in [1.807, 2.05) is 29.2 Å². The summed E-state index contributed by atoms with van der Waals surface area (Å²) in [5, 5.41) is 0. The normalized spacial score (nSPS) is 16.7. The molecule has 0 bridgehead atoms. The highest BCUT2D eigenvalue weighted by molar-refractivity contribution is 5.93. The third-order valence-corrected chi connectivity index (χ3v) is 4.02. The van der Waals surface area contributed by atoms with Crippen LogP contribution >= 0.6 is 12.4 Å². The first-order valence-electron chi connectivity index (χ1n) is 7.35. The second-order valence-corrected chi connectivity index (χ2v) is 5.41. The monoisotopic (exact) mass is 333 g/mol. The molecule has 0 saturated carbocycles. The summed E-state index contributed by atoms with van der Waals surface area (Å²) >= 11 is 0. The van der Waals surface area contributed by atoms with Crippen molar-refractivity contribution in [1.82, 2.24) is 9.88 Å². The highest BCUT2D eigenvalue weighted by Crippen LogP contribution is 2.33. The number of nitrogen functional groups attached to an aromatic ring is 1. The number of anilines is 1. The summed E-state index contributed by atoms with van der Waals surface area (Å²) in [7, 11) is 1.65. The minimum atomic E-state index is -0.0432. The number of aromatic nitrogens is 1. The van der Waals surface area contributed by atoms with Crippen LogP contribution in [0.2, 0.25) is 0 Å². The largest absolute Gasteiger partial charge is 0.497 e. The summed E-state index contributed by atoms with van der Waals surface area (Å²) in [5.74, 6) is 0.776. The van der Waals surface area contributed by atoms with Crippen molar-refractivity contribution in [2.24, 2.45) is 0 Å². The lowest BCUT2D eigenvalue weighted by atomic mass is 10.0. The zero-order valence-corrected chi connectivity index (χ0v) is 13.8.